The Morgan fingerprint density at radius 2 is 1.62 bits per heavy atom. The molecule has 6 amide bonds. The summed E-state index contributed by atoms with van der Waals surface area (Å²) in [6.45, 7) is 5.72. The van der Waals surface area contributed by atoms with Gasteiger partial charge in [-0.25, -0.2) is 4.39 Å². The number of carbonyl (C=O) groups is 6. The van der Waals surface area contributed by atoms with E-state index in [-0.39, 0.29) is 42.3 Å². The number of piperidine rings is 2. The van der Waals surface area contributed by atoms with Gasteiger partial charge in [-0.3, -0.25) is 53.9 Å². The van der Waals surface area contributed by atoms with Crippen LogP contribution >= 0.6 is 0 Å². The number of nitrogens with one attached hydrogen (secondary N) is 3. The predicted octanol–water partition coefficient (Wildman–Crippen LogP) is 3.22. The van der Waals surface area contributed by atoms with Gasteiger partial charge in [0.15, 0.2) is 11.9 Å². The number of piperazine rings is 1. The minimum atomic E-state index is -1.15. The molecule has 2 unspecified atom stereocenters. The van der Waals surface area contributed by atoms with Crippen molar-refractivity contribution in [1.29, 1.82) is 0 Å². The minimum Gasteiger partial charge on any atom is -0.371 e. The maximum absolute atomic E-state index is 15.9. The molecule has 0 aliphatic carbocycles. The Morgan fingerprint density at radius 1 is 0.885 bits per heavy atom. The molecule has 1 aromatic heterocycles. The fourth-order valence-corrected chi connectivity index (χ4v) is 9.28. The Kier molecular flexibility index (Phi) is 10.9. The summed E-state index contributed by atoms with van der Waals surface area (Å²) in [6.07, 6.45) is 1.23. The molecular weight excluding hydrogens is 786 g/mol. The summed E-state index contributed by atoms with van der Waals surface area (Å²) in [5, 5.41) is 12.4. The number of methoxy groups -OCH3 is 1. The van der Waals surface area contributed by atoms with E-state index in [4.69, 9.17) is 4.74 Å². The van der Waals surface area contributed by atoms with Crippen molar-refractivity contribution in [3.63, 3.8) is 0 Å². The van der Waals surface area contributed by atoms with Crippen LogP contribution in [0, 0.1) is 5.82 Å². The van der Waals surface area contributed by atoms with Gasteiger partial charge in [0.05, 0.1) is 29.9 Å². The number of nitrogens with zero attached hydrogens (tertiary/aromatic N) is 6. The standard InChI is InChI=1S/C44H46FN9O7/c1-61-38(26-5-3-2-4-6-26)44(60)53-24-32-33(25-53)48-49-39(32)47-40(56)27-7-10-29(11-8-27)51-17-15-30(16-18-51)52-21-19-50(20-22-52)23-28-9-12-31-36(37(28)45)43(59)54(42(31)58)34-13-14-35(55)46-41(34)57/h2-12,30,34,38H,13-25H2,1H3,(H,46,55,57)(H2,47,48,49,56). The molecule has 3 N–H and O–H groups in total. The SMILES string of the molecule is COC(C(=O)N1Cc2[nH]nc(NC(=O)c3ccc(N4CCC(N5CCN(Cc6ccc7c(c6F)C(=O)N(C6CCC(=O)NC6=O)C7=O)CC5)CC4)cc3)c2C1)c1ccccc1. The number of halogens is 1. The van der Waals surface area contributed by atoms with Gasteiger partial charge in [-0.2, -0.15) is 5.10 Å². The van der Waals surface area contributed by atoms with Gasteiger partial charge in [-0.15, -0.1) is 0 Å². The van der Waals surface area contributed by atoms with Gasteiger partial charge in [0, 0.05) is 87.8 Å². The molecule has 0 spiro atoms. The van der Waals surface area contributed by atoms with Crippen molar-refractivity contribution >= 4 is 46.9 Å². The number of hydrogen-bond donors (Lipinski definition) is 3. The van der Waals surface area contributed by atoms with Crippen molar-refractivity contribution in [3.8, 4) is 0 Å². The highest BCUT2D eigenvalue weighted by Crippen LogP contribution is 2.33. The molecule has 5 aliphatic heterocycles. The van der Waals surface area contributed by atoms with Crippen LogP contribution in [0.3, 0.4) is 0 Å². The first-order chi connectivity index (χ1) is 29.6. The highest BCUT2D eigenvalue weighted by atomic mass is 19.1. The number of rotatable bonds is 10. The monoisotopic (exact) mass is 831 g/mol. The van der Waals surface area contributed by atoms with Crippen molar-refractivity contribution in [2.45, 2.75) is 63.5 Å². The van der Waals surface area contributed by atoms with Crippen LogP contribution in [-0.4, -0.2) is 124 Å². The molecule has 3 aromatic carbocycles. The summed E-state index contributed by atoms with van der Waals surface area (Å²) >= 11 is 0. The number of ether oxygens (including phenoxy) is 1. The van der Waals surface area contributed by atoms with Crippen molar-refractivity contribution in [1.82, 2.24) is 35.1 Å². The van der Waals surface area contributed by atoms with E-state index in [0.29, 0.717) is 36.1 Å². The van der Waals surface area contributed by atoms with Crippen LogP contribution in [0.4, 0.5) is 15.9 Å². The van der Waals surface area contributed by atoms with Crippen LogP contribution in [0.15, 0.2) is 66.7 Å². The van der Waals surface area contributed by atoms with Crippen molar-refractivity contribution in [3.05, 3.63) is 112 Å². The molecule has 316 valence electrons. The van der Waals surface area contributed by atoms with Crippen molar-refractivity contribution in [2.75, 3.05) is 56.6 Å². The number of aromatic nitrogens is 2. The van der Waals surface area contributed by atoms with Crippen LogP contribution < -0.4 is 15.5 Å². The van der Waals surface area contributed by atoms with Crippen LogP contribution in [0.1, 0.15) is 85.2 Å². The lowest BCUT2D eigenvalue weighted by atomic mass is 10.0. The third kappa shape index (κ3) is 7.68. The largest absolute Gasteiger partial charge is 0.371 e. The normalized spacial score (nSPS) is 20.5. The molecule has 4 aromatic rings. The third-order valence-electron chi connectivity index (χ3n) is 12.7. The number of imide groups is 2. The fraction of sp³-hybridized carbons (Fsp3) is 0.386. The molecule has 17 heteroatoms. The molecule has 3 fully saturated rings. The topological polar surface area (TPSA) is 181 Å². The molecule has 61 heavy (non-hydrogen) atoms. The molecule has 2 atom stereocenters. The van der Waals surface area contributed by atoms with Crippen LogP contribution in [0.2, 0.25) is 0 Å². The average Bonchev–Trinajstić information content (AvgIpc) is 3.95. The molecule has 0 saturated carbocycles. The second-order valence-electron chi connectivity index (χ2n) is 16.2. The van der Waals surface area contributed by atoms with E-state index in [9.17, 15) is 28.8 Å². The minimum absolute atomic E-state index is 0.00573. The average molecular weight is 832 g/mol. The van der Waals surface area contributed by atoms with Gasteiger partial charge in [-0.05, 0) is 55.2 Å². The predicted molar refractivity (Wildman–Crippen MR) is 219 cm³/mol. The first kappa shape index (κ1) is 40.1. The number of anilines is 2. The number of aromatic amines is 1. The third-order valence-corrected chi connectivity index (χ3v) is 12.7. The molecule has 9 rings (SSSR count). The fourth-order valence-electron chi connectivity index (χ4n) is 9.28. The first-order valence-corrected chi connectivity index (χ1v) is 20.7. The number of hydrogen-bond acceptors (Lipinski definition) is 11. The summed E-state index contributed by atoms with van der Waals surface area (Å²) in [4.78, 5) is 86.5. The zero-order valence-corrected chi connectivity index (χ0v) is 33.7. The van der Waals surface area contributed by atoms with Crippen molar-refractivity contribution < 1.29 is 37.9 Å². The van der Waals surface area contributed by atoms with E-state index < -0.39 is 41.6 Å². The van der Waals surface area contributed by atoms with E-state index in [1.807, 2.05) is 54.6 Å². The van der Waals surface area contributed by atoms with Gasteiger partial charge in [-0.1, -0.05) is 36.4 Å². The summed E-state index contributed by atoms with van der Waals surface area (Å²) < 4.78 is 21.4. The Balaban J connectivity index is 0.738. The molecule has 0 radical (unpaired) electrons. The van der Waals surface area contributed by atoms with Crippen LogP contribution in [-0.2, 0) is 38.8 Å². The molecule has 0 bridgehead atoms. The lowest BCUT2D eigenvalue weighted by Gasteiger charge is -2.43. The number of benzene rings is 3. The van der Waals surface area contributed by atoms with Gasteiger partial charge in [0.1, 0.15) is 11.9 Å². The molecule has 3 saturated heterocycles. The Hall–Kier alpha value is -6.30. The van der Waals surface area contributed by atoms with Gasteiger partial charge >= 0.3 is 0 Å². The molecule has 16 nitrogen and oxygen atoms in total. The molecule has 6 heterocycles. The maximum Gasteiger partial charge on any atom is 0.265 e. The Labute approximate surface area is 351 Å². The molecule has 5 aliphatic rings. The zero-order chi connectivity index (χ0) is 42.4. The molecular formula is C44H46FN9O7. The lowest BCUT2D eigenvalue weighted by Crippen LogP contribution is -2.54. The van der Waals surface area contributed by atoms with Crippen LogP contribution in [0.25, 0.3) is 0 Å². The second kappa shape index (κ2) is 16.6. The number of carbonyl (C=O) groups excluding carboxylic acids is 6. The summed E-state index contributed by atoms with van der Waals surface area (Å²) in [7, 11) is 1.52. The first-order valence-electron chi connectivity index (χ1n) is 20.7. The van der Waals surface area contributed by atoms with Gasteiger partial charge in [0.2, 0.25) is 11.8 Å². The summed E-state index contributed by atoms with van der Waals surface area (Å²) in [5.74, 6) is -3.55. The maximum atomic E-state index is 15.9. The number of amides is 6. The van der Waals surface area contributed by atoms with Gasteiger partial charge in [0.25, 0.3) is 23.6 Å². The quantitative estimate of drug-likeness (QED) is 0.200. The summed E-state index contributed by atoms with van der Waals surface area (Å²) in [5.41, 5.74) is 3.81. The highest BCUT2D eigenvalue weighted by molar-refractivity contribution is 6.23. The summed E-state index contributed by atoms with van der Waals surface area (Å²) in [6, 6.07) is 19.2. The van der Waals surface area contributed by atoms with E-state index in [1.165, 1.54) is 13.2 Å². The Bertz CT molecular complexity index is 2390. The van der Waals surface area contributed by atoms with Crippen molar-refractivity contribution in [2.24, 2.45) is 0 Å². The number of H-pyrrole nitrogens is 1. The van der Waals surface area contributed by atoms with E-state index in [0.717, 1.165) is 79.5 Å². The Morgan fingerprint density at radius 3 is 2.33 bits per heavy atom. The lowest BCUT2D eigenvalue weighted by molar-refractivity contribution is -0.143. The zero-order valence-electron chi connectivity index (χ0n) is 33.7. The van der Waals surface area contributed by atoms with Gasteiger partial charge < -0.3 is 19.9 Å². The smallest absolute Gasteiger partial charge is 0.265 e. The van der Waals surface area contributed by atoms with E-state index in [2.05, 4.69) is 35.5 Å². The van der Waals surface area contributed by atoms with Crippen LogP contribution in [0.5, 0.6) is 0 Å². The number of fused-ring (bicyclic) bond motifs is 2. The second-order valence-corrected chi connectivity index (χ2v) is 16.2. The van der Waals surface area contributed by atoms with E-state index in [1.54, 1.807) is 11.0 Å². The van der Waals surface area contributed by atoms with E-state index >= 15 is 4.39 Å². The highest BCUT2D eigenvalue weighted by Gasteiger charge is 2.46.